The fourth-order valence-corrected chi connectivity index (χ4v) is 3.32. The molecular weight excluding hydrogens is 364 g/mol. The Morgan fingerprint density at radius 1 is 0.667 bits per heavy atom. The molecule has 0 aliphatic carbocycles. The van der Waals surface area contributed by atoms with Gasteiger partial charge in [-0.3, -0.25) is 8.37 Å². The van der Waals surface area contributed by atoms with Gasteiger partial charge in [0.25, 0.3) is 0 Å². The number of unbranched alkanes of at least 4 members (excludes halogenated alkanes) is 10. The van der Waals surface area contributed by atoms with E-state index < -0.39 is 17.1 Å². The first-order valence-corrected chi connectivity index (χ1v) is 12.0. The van der Waals surface area contributed by atoms with Crippen LogP contribution in [0.2, 0.25) is 0 Å². The van der Waals surface area contributed by atoms with Crippen LogP contribution in [-0.4, -0.2) is 36.4 Å². The molecule has 0 saturated carbocycles. The summed E-state index contributed by atoms with van der Waals surface area (Å²) in [5, 5.41) is 0. The minimum Gasteiger partial charge on any atom is -0.348 e. The largest absolute Gasteiger partial charge is 0.348 e. The normalized spacial score (nSPS) is 13.2. The lowest BCUT2D eigenvalue weighted by atomic mass is 10.1. The lowest BCUT2D eigenvalue weighted by molar-refractivity contribution is -0.240. The average Bonchev–Trinajstić information content (AvgIpc) is 2.65. The third kappa shape index (κ3) is 17.8. The second-order valence-electron chi connectivity index (χ2n) is 7.24. The summed E-state index contributed by atoms with van der Waals surface area (Å²) in [6.45, 7) is 9.80. The summed E-state index contributed by atoms with van der Waals surface area (Å²) in [5.74, 6) is -0.875. The summed E-state index contributed by atoms with van der Waals surface area (Å²) < 4.78 is 33.7. The van der Waals surface area contributed by atoms with Gasteiger partial charge in [0.15, 0.2) is 5.79 Å². The monoisotopic (exact) mass is 408 g/mol. The number of rotatable bonds is 21. The predicted octanol–water partition coefficient (Wildman–Crippen LogP) is 6.09. The van der Waals surface area contributed by atoms with Crippen molar-refractivity contribution in [3.8, 4) is 0 Å². The van der Waals surface area contributed by atoms with Crippen molar-refractivity contribution in [2.75, 3.05) is 26.4 Å². The summed E-state index contributed by atoms with van der Waals surface area (Å²) in [6.07, 6.45) is 14.5. The molecule has 0 aliphatic heterocycles. The molecule has 0 rings (SSSR count). The molecule has 0 radical (unpaired) electrons. The molecule has 0 fully saturated rings. The van der Waals surface area contributed by atoms with Crippen LogP contribution in [0.15, 0.2) is 0 Å². The SMILES string of the molecule is CCCCCCCCOC(C)(COS(=O)OCC)OCCCCCCCC. The maximum atomic E-state index is 11.6. The second-order valence-corrected chi connectivity index (χ2v) is 8.12. The molecular formula is C21H44O5S. The van der Waals surface area contributed by atoms with E-state index in [-0.39, 0.29) is 6.61 Å². The van der Waals surface area contributed by atoms with Crippen LogP contribution in [0.3, 0.4) is 0 Å². The van der Waals surface area contributed by atoms with Gasteiger partial charge in [0, 0.05) is 0 Å². The van der Waals surface area contributed by atoms with Crippen molar-refractivity contribution < 1.29 is 22.0 Å². The van der Waals surface area contributed by atoms with Gasteiger partial charge in [-0.1, -0.05) is 78.1 Å². The van der Waals surface area contributed by atoms with Crippen molar-refractivity contribution in [1.29, 1.82) is 0 Å². The Morgan fingerprint density at radius 2 is 1.11 bits per heavy atom. The number of ether oxygens (including phenoxy) is 2. The van der Waals surface area contributed by atoms with E-state index in [0.29, 0.717) is 19.8 Å². The van der Waals surface area contributed by atoms with E-state index in [2.05, 4.69) is 13.8 Å². The maximum Gasteiger partial charge on any atom is 0.304 e. The quantitative estimate of drug-likeness (QED) is 0.170. The molecule has 0 aromatic carbocycles. The van der Waals surface area contributed by atoms with E-state index in [4.69, 9.17) is 17.8 Å². The molecule has 0 amide bonds. The predicted molar refractivity (Wildman–Crippen MR) is 113 cm³/mol. The fraction of sp³-hybridized carbons (Fsp3) is 1.00. The minimum absolute atomic E-state index is 0.102. The zero-order valence-electron chi connectivity index (χ0n) is 18.3. The van der Waals surface area contributed by atoms with Crippen molar-refractivity contribution in [1.82, 2.24) is 0 Å². The van der Waals surface area contributed by atoms with Gasteiger partial charge < -0.3 is 9.47 Å². The third-order valence-corrected chi connectivity index (χ3v) is 5.18. The summed E-state index contributed by atoms with van der Waals surface area (Å²) in [6, 6.07) is 0. The van der Waals surface area contributed by atoms with E-state index in [9.17, 15) is 4.21 Å². The van der Waals surface area contributed by atoms with Crippen LogP contribution in [0.5, 0.6) is 0 Å². The summed E-state index contributed by atoms with van der Waals surface area (Å²) in [7, 11) is 0. The molecule has 0 aliphatic rings. The Labute approximate surface area is 170 Å². The minimum atomic E-state index is -1.75. The van der Waals surface area contributed by atoms with Gasteiger partial charge in [0.1, 0.15) is 6.61 Å². The zero-order valence-corrected chi connectivity index (χ0v) is 19.1. The van der Waals surface area contributed by atoms with Crippen molar-refractivity contribution >= 4 is 11.4 Å². The van der Waals surface area contributed by atoms with Gasteiger partial charge in [-0.25, -0.2) is 0 Å². The van der Waals surface area contributed by atoms with Crippen molar-refractivity contribution in [3.05, 3.63) is 0 Å². The third-order valence-electron chi connectivity index (χ3n) is 4.44. The lowest BCUT2D eigenvalue weighted by Gasteiger charge is -2.29. The van der Waals surface area contributed by atoms with Crippen molar-refractivity contribution in [2.24, 2.45) is 0 Å². The highest BCUT2D eigenvalue weighted by Crippen LogP contribution is 2.17. The van der Waals surface area contributed by atoms with Crippen LogP contribution < -0.4 is 0 Å². The first-order chi connectivity index (χ1) is 13.1. The van der Waals surface area contributed by atoms with Crippen LogP contribution in [0.1, 0.15) is 105 Å². The molecule has 27 heavy (non-hydrogen) atoms. The Morgan fingerprint density at radius 3 is 1.56 bits per heavy atom. The van der Waals surface area contributed by atoms with Gasteiger partial charge in [0.05, 0.1) is 19.8 Å². The van der Waals surface area contributed by atoms with Crippen LogP contribution in [0, 0.1) is 0 Å². The molecule has 164 valence electrons. The fourth-order valence-electron chi connectivity index (χ4n) is 2.75. The zero-order chi connectivity index (χ0) is 20.2. The van der Waals surface area contributed by atoms with E-state index in [1.807, 2.05) is 6.92 Å². The molecule has 1 unspecified atom stereocenters. The smallest absolute Gasteiger partial charge is 0.304 e. The molecule has 0 aromatic rings. The topological polar surface area (TPSA) is 54.0 Å². The van der Waals surface area contributed by atoms with Crippen molar-refractivity contribution in [3.63, 3.8) is 0 Å². The lowest BCUT2D eigenvalue weighted by Crippen LogP contribution is -2.39. The van der Waals surface area contributed by atoms with E-state index in [1.54, 1.807) is 6.92 Å². The Bertz CT molecular complexity index is 321. The molecule has 0 saturated heterocycles. The van der Waals surface area contributed by atoms with E-state index in [0.717, 1.165) is 12.8 Å². The molecule has 5 nitrogen and oxygen atoms in total. The molecule has 0 N–H and O–H groups in total. The maximum absolute atomic E-state index is 11.6. The average molecular weight is 409 g/mol. The second kappa shape index (κ2) is 19.3. The van der Waals surface area contributed by atoms with Crippen molar-refractivity contribution in [2.45, 2.75) is 111 Å². The van der Waals surface area contributed by atoms with Gasteiger partial charge in [-0.15, -0.1) is 0 Å². The van der Waals surface area contributed by atoms with Gasteiger partial charge >= 0.3 is 11.4 Å². The molecule has 1 atom stereocenters. The highest BCUT2D eigenvalue weighted by molar-refractivity contribution is 7.75. The van der Waals surface area contributed by atoms with E-state index >= 15 is 0 Å². The molecule has 0 bridgehead atoms. The Hall–Kier alpha value is -0.0100. The van der Waals surface area contributed by atoms with Crippen LogP contribution in [-0.2, 0) is 29.2 Å². The molecule has 6 heteroatoms. The van der Waals surface area contributed by atoms with Gasteiger partial charge in [-0.05, 0) is 26.7 Å². The van der Waals surface area contributed by atoms with Crippen LogP contribution in [0.25, 0.3) is 0 Å². The number of hydrogen-bond acceptors (Lipinski definition) is 5. The Balaban J connectivity index is 4.13. The van der Waals surface area contributed by atoms with E-state index in [1.165, 1.54) is 64.2 Å². The van der Waals surface area contributed by atoms with Crippen LogP contribution in [0.4, 0.5) is 0 Å². The van der Waals surface area contributed by atoms with Gasteiger partial charge in [-0.2, -0.15) is 4.21 Å². The highest BCUT2D eigenvalue weighted by atomic mass is 32.2. The summed E-state index contributed by atoms with van der Waals surface area (Å²) in [5.41, 5.74) is 0. The van der Waals surface area contributed by atoms with Crippen LogP contribution >= 0.6 is 0 Å². The molecule has 0 heterocycles. The summed E-state index contributed by atoms with van der Waals surface area (Å²) in [4.78, 5) is 0. The molecule has 0 aromatic heterocycles. The number of hydrogen-bond donors (Lipinski definition) is 0. The Kier molecular flexibility index (Phi) is 19.3. The first kappa shape index (κ1) is 27.0. The highest BCUT2D eigenvalue weighted by Gasteiger charge is 2.27. The van der Waals surface area contributed by atoms with Gasteiger partial charge in [0.2, 0.25) is 0 Å². The molecule has 0 spiro atoms. The first-order valence-electron chi connectivity index (χ1n) is 11.0. The summed E-state index contributed by atoms with van der Waals surface area (Å²) >= 11 is -1.75. The standard InChI is InChI=1S/C21H44O5S/c1-5-8-10-12-14-16-18-23-21(4,20-26-27(22)25-7-3)24-19-17-15-13-11-9-6-2/h5-20H2,1-4H3.